The van der Waals surface area contributed by atoms with Gasteiger partial charge in [-0.25, -0.2) is 0 Å². The lowest BCUT2D eigenvalue weighted by Crippen LogP contribution is -2.60. The molecule has 2 saturated heterocycles. The van der Waals surface area contributed by atoms with E-state index in [2.05, 4.69) is 20.4 Å². The molecule has 2 aliphatic heterocycles. The topological polar surface area (TPSA) is 58.1 Å². The highest BCUT2D eigenvalue weighted by molar-refractivity contribution is 5.77. The van der Waals surface area contributed by atoms with Crippen LogP contribution >= 0.6 is 0 Å². The van der Waals surface area contributed by atoms with Gasteiger partial charge in [-0.05, 0) is 44.7 Å². The Labute approximate surface area is 113 Å². The van der Waals surface area contributed by atoms with E-state index >= 15 is 0 Å². The molecule has 5 heteroatoms. The zero-order chi connectivity index (χ0) is 13.3. The highest BCUT2D eigenvalue weighted by Crippen LogP contribution is 2.31. The Morgan fingerprint density at radius 1 is 1.26 bits per heavy atom. The molecule has 1 unspecified atom stereocenters. The number of rotatable bonds is 1. The van der Waals surface area contributed by atoms with E-state index in [1.54, 1.807) is 0 Å². The third-order valence-corrected chi connectivity index (χ3v) is 4.15. The van der Waals surface area contributed by atoms with Crippen molar-refractivity contribution >= 4 is 11.7 Å². The van der Waals surface area contributed by atoms with Crippen LogP contribution in [-0.4, -0.2) is 34.7 Å². The van der Waals surface area contributed by atoms with Crippen LogP contribution in [0.15, 0.2) is 12.1 Å². The standard InChI is InChI=1S/C14H20N4O/c1-11-5-6-12(17-16-11)18-9-3-8-14(10-18)7-2-4-13(19)15-14/h5-6H,2-4,7-10H2,1H3,(H,15,19). The number of carbonyl (C=O) groups is 1. The molecular weight excluding hydrogens is 240 g/mol. The quantitative estimate of drug-likeness (QED) is 0.829. The fraction of sp³-hybridized carbons (Fsp3) is 0.643. The molecule has 0 saturated carbocycles. The third-order valence-electron chi connectivity index (χ3n) is 4.15. The lowest BCUT2D eigenvalue weighted by Gasteiger charge is -2.45. The fourth-order valence-electron chi connectivity index (χ4n) is 3.20. The number of hydrogen-bond acceptors (Lipinski definition) is 4. The fourth-order valence-corrected chi connectivity index (χ4v) is 3.20. The molecule has 0 aromatic carbocycles. The first-order valence-corrected chi connectivity index (χ1v) is 7.03. The van der Waals surface area contributed by atoms with Gasteiger partial charge in [0.25, 0.3) is 0 Å². The second kappa shape index (κ2) is 4.79. The molecule has 1 atom stereocenters. The first-order chi connectivity index (χ1) is 9.17. The van der Waals surface area contributed by atoms with Gasteiger partial charge in [-0.2, -0.15) is 5.10 Å². The van der Waals surface area contributed by atoms with Crippen molar-refractivity contribution < 1.29 is 4.79 Å². The van der Waals surface area contributed by atoms with Crippen molar-refractivity contribution in [2.75, 3.05) is 18.0 Å². The average molecular weight is 260 g/mol. The van der Waals surface area contributed by atoms with Crippen molar-refractivity contribution in [1.29, 1.82) is 0 Å². The van der Waals surface area contributed by atoms with Crippen LogP contribution in [0, 0.1) is 6.92 Å². The molecule has 2 aliphatic rings. The number of amides is 1. The van der Waals surface area contributed by atoms with Gasteiger partial charge in [-0.15, -0.1) is 5.10 Å². The number of aryl methyl sites for hydroxylation is 1. The minimum atomic E-state index is -0.0415. The van der Waals surface area contributed by atoms with Crippen LogP contribution in [0.5, 0.6) is 0 Å². The minimum Gasteiger partial charge on any atom is -0.353 e. The van der Waals surface area contributed by atoms with Crippen LogP contribution in [0.3, 0.4) is 0 Å². The number of anilines is 1. The number of piperidine rings is 2. The summed E-state index contributed by atoms with van der Waals surface area (Å²) in [6.45, 7) is 3.79. The molecule has 1 amide bonds. The third kappa shape index (κ3) is 2.55. The monoisotopic (exact) mass is 260 g/mol. The molecule has 1 spiro atoms. The Bertz CT molecular complexity index is 469. The molecule has 2 fully saturated rings. The van der Waals surface area contributed by atoms with E-state index in [0.717, 1.165) is 50.3 Å². The molecule has 0 radical (unpaired) electrons. The summed E-state index contributed by atoms with van der Waals surface area (Å²) < 4.78 is 0. The highest BCUT2D eigenvalue weighted by Gasteiger charge is 2.39. The summed E-state index contributed by atoms with van der Waals surface area (Å²) in [5, 5.41) is 11.6. The van der Waals surface area contributed by atoms with Gasteiger partial charge in [0.15, 0.2) is 5.82 Å². The molecule has 5 nitrogen and oxygen atoms in total. The van der Waals surface area contributed by atoms with Crippen molar-refractivity contribution in [3.8, 4) is 0 Å². The van der Waals surface area contributed by atoms with Crippen LogP contribution in [0.4, 0.5) is 5.82 Å². The van der Waals surface area contributed by atoms with E-state index in [0.29, 0.717) is 6.42 Å². The Morgan fingerprint density at radius 3 is 2.84 bits per heavy atom. The van der Waals surface area contributed by atoms with Crippen LogP contribution in [0.1, 0.15) is 37.8 Å². The highest BCUT2D eigenvalue weighted by atomic mass is 16.1. The molecule has 19 heavy (non-hydrogen) atoms. The molecule has 1 aromatic rings. The molecule has 1 N–H and O–H groups in total. The molecule has 3 rings (SSSR count). The van der Waals surface area contributed by atoms with E-state index in [9.17, 15) is 4.79 Å². The van der Waals surface area contributed by atoms with Crippen molar-refractivity contribution in [2.24, 2.45) is 0 Å². The van der Waals surface area contributed by atoms with Crippen molar-refractivity contribution in [2.45, 2.75) is 44.6 Å². The van der Waals surface area contributed by atoms with Gasteiger partial charge in [0.2, 0.25) is 5.91 Å². The van der Waals surface area contributed by atoms with Gasteiger partial charge < -0.3 is 10.2 Å². The average Bonchev–Trinajstić information content (AvgIpc) is 2.39. The molecule has 0 aliphatic carbocycles. The zero-order valence-electron chi connectivity index (χ0n) is 11.4. The van der Waals surface area contributed by atoms with Gasteiger partial charge in [0.05, 0.1) is 11.2 Å². The molecular formula is C14H20N4O. The Hall–Kier alpha value is -1.65. The molecule has 0 bridgehead atoms. The van der Waals surface area contributed by atoms with Crippen LogP contribution in [-0.2, 0) is 4.79 Å². The van der Waals surface area contributed by atoms with Gasteiger partial charge in [-0.3, -0.25) is 4.79 Å². The number of aromatic nitrogens is 2. The lowest BCUT2D eigenvalue weighted by atomic mass is 9.81. The number of nitrogens with one attached hydrogen (secondary N) is 1. The zero-order valence-corrected chi connectivity index (χ0v) is 11.4. The first kappa shape index (κ1) is 12.4. The van der Waals surface area contributed by atoms with E-state index in [1.807, 2.05) is 19.1 Å². The minimum absolute atomic E-state index is 0.0415. The van der Waals surface area contributed by atoms with Crippen LogP contribution < -0.4 is 10.2 Å². The smallest absolute Gasteiger partial charge is 0.220 e. The summed E-state index contributed by atoms with van der Waals surface area (Å²) in [5.41, 5.74) is 0.890. The number of carbonyl (C=O) groups excluding carboxylic acids is 1. The number of nitrogens with zero attached hydrogens (tertiary/aromatic N) is 3. The van der Waals surface area contributed by atoms with Gasteiger partial charge in [0, 0.05) is 19.5 Å². The number of hydrogen-bond donors (Lipinski definition) is 1. The van der Waals surface area contributed by atoms with Crippen molar-refractivity contribution in [3.63, 3.8) is 0 Å². The SMILES string of the molecule is Cc1ccc(N2CCCC3(CCCC(=O)N3)C2)nn1. The predicted molar refractivity (Wildman–Crippen MR) is 72.9 cm³/mol. The second-order valence-corrected chi connectivity index (χ2v) is 5.74. The van der Waals surface area contributed by atoms with Gasteiger partial charge in [0.1, 0.15) is 0 Å². The van der Waals surface area contributed by atoms with Crippen LogP contribution in [0.25, 0.3) is 0 Å². The van der Waals surface area contributed by atoms with E-state index in [4.69, 9.17) is 0 Å². The predicted octanol–water partition coefficient (Wildman–Crippen LogP) is 1.42. The molecule has 3 heterocycles. The summed E-state index contributed by atoms with van der Waals surface area (Å²) in [6, 6.07) is 4.01. The van der Waals surface area contributed by atoms with E-state index < -0.39 is 0 Å². The lowest BCUT2D eigenvalue weighted by molar-refractivity contribution is -0.125. The second-order valence-electron chi connectivity index (χ2n) is 5.74. The largest absolute Gasteiger partial charge is 0.353 e. The van der Waals surface area contributed by atoms with E-state index in [1.165, 1.54) is 0 Å². The first-order valence-electron chi connectivity index (χ1n) is 7.03. The summed E-state index contributed by atoms with van der Waals surface area (Å²) in [5.74, 6) is 1.12. The van der Waals surface area contributed by atoms with Gasteiger partial charge in [-0.1, -0.05) is 0 Å². The maximum absolute atomic E-state index is 11.7. The summed E-state index contributed by atoms with van der Waals surface area (Å²) in [7, 11) is 0. The van der Waals surface area contributed by atoms with E-state index in [-0.39, 0.29) is 11.4 Å². The Kier molecular flexibility index (Phi) is 3.12. The Balaban J connectivity index is 1.77. The Morgan fingerprint density at radius 2 is 2.11 bits per heavy atom. The molecule has 102 valence electrons. The van der Waals surface area contributed by atoms with Crippen LogP contribution in [0.2, 0.25) is 0 Å². The maximum Gasteiger partial charge on any atom is 0.220 e. The summed E-state index contributed by atoms with van der Waals surface area (Å²) in [4.78, 5) is 13.9. The summed E-state index contributed by atoms with van der Waals surface area (Å²) in [6.07, 6.45) is 4.92. The normalized spacial score (nSPS) is 27.4. The maximum atomic E-state index is 11.7. The molecule has 1 aromatic heterocycles. The van der Waals surface area contributed by atoms with Crippen molar-refractivity contribution in [3.05, 3.63) is 17.8 Å². The van der Waals surface area contributed by atoms with Gasteiger partial charge >= 0.3 is 0 Å². The summed E-state index contributed by atoms with van der Waals surface area (Å²) >= 11 is 0. The van der Waals surface area contributed by atoms with Crippen molar-refractivity contribution in [1.82, 2.24) is 15.5 Å².